The first-order valence-corrected chi connectivity index (χ1v) is 5.66. The fourth-order valence-electron chi connectivity index (χ4n) is 1.55. The van der Waals surface area contributed by atoms with Crippen molar-refractivity contribution in [2.45, 2.75) is 38.9 Å². The van der Waals surface area contributed by atoms with E-state index in [0.717, 1.165) is 0 Å². The number of nitrogens with zero attached hydrogens (tertiary/aromatic N) is 2. The topological polar surface area (TPSA) is 93.2 Å². The van der Waals surface area contributed by atoms with Crippen LogP contribution in [-0.2, 0) is 4.79 Å². The molecule has 96 valence electrons. The molecule has 1 aromatic heterocycles. The van der Waals surface area contributed by atoms with Crippen molar-refractivity contribution in [2.75, 3.05) is 6.61 Å². The summed E-state index contributed by atoms with van der Waals surface area (Å²) < 4.78 is 1.68. The number of aliphatic hydroxyl groups is 1. The van der Waals surface area contributed by atoms with Crippen LogP contribution >= 0.6 is 0 Å². The fourth-order valence-corrected chi connectivity index (χ4v) is 1.55. The van der Waals surface area contributed by atoms with Gasteiger partial charge in [0, 0.05) is 12.2 Å². The SMILES string of the molecule is CC(C)NC(=O)C(C)n1cncc1C(N)CO. The third-order valence-electron chi connectivity index (χ3n) is 2.50. The Bertz CT molecular complexity index is 375. The number of hydrogen-bond acceptors (Lipinski definition) is 4. The number of carbonyl (C=O) groups excluding carboxylic acids is 1. The van der Waals surface area contributed by atoms with Gasteiger partial charge in [-0.1, -0.05) is 0 Å². The third kappa shape index (κ3) is 3.28. The molecule has 1 amide bonds. The van der Waals surface area contributed by atoms with E-state index in [1.807, 2.05) is 13.8 Å². The number of aromatic nitrogens is 2. The minimum Gasteiger partial charge on any atom is -0.394 e. The summed E-state index contributed by atoms with van der Waals surface area (Å²) in [5, 5.41) is 11.9. The van der Waals surface area contributed by atoms with Crippen LogP contribution in [-0.4, -0.2) is 33.2 Å². The summed E-state index contributed by atoms with van der Waals surface area (Å²) in [4.78, 5) is 15.8. The average molecular weight is 240 g/mol. The van der Waals surface area contributed by atoms with Crippen LogP contribution in [0, 0.1) is 0 Å². The highest BCUT2D eigenvalue weighted by Crippen LogP contribution is 2.15. The molecule has 2 atom stereocenters. The number of nitrogens with two attached hydrogens (primary N) is 1. The summed E-state index contributed by atoms with van der Waals surface area (Å²) in [6, 6.07) is -0.831. The highest BCUT2D eigenvalue weighted by Gasteiger charge is 2.20. The average Bonchev–Trinajstić information content (AvgIpc) is 2.74. The summed E-state index contributed by atoms with van der Waals surface area (Å²) in [6.07, 6.45) is 3.12. The van der Waals surface area contributed by atoms with Crippen LogP contribution in [0.3, 0.4) is 0 Å². The van der Waals surface area contributed by atoms with Crippen molar-refractivity contribution in [1.82, 2.24) is 14.9 Å². The van der Waals surface area contributed by atoms with Crippen LogP contribution < -0.4 is 11.1 Å². The molecule has 0 aliphatic rings. The maximum atomic E-state index is 11.9. The monoisotopic (exact) mass is 240 g/mol. The summed E-state index contributed by atoms with van der Waals surface area (Å²) in [5.41, 5.74) is 6.39. The lowest BCUT2D eigenvalue weighted by Gasteiger charge is -2.19. The van der Waals surface area contributed by atoms with Gasteiger partial charge in [0.05, 0.1) is 24.7 Å². The minimum atomic E-state index is -0.521. The molecule has 0 bridgehead atoms. The molecular formula is C11H20N4O2. The van der Waals surface area contributed by atoms with Crippen molar-refractivity contribution in [3.63, 3.8) is 0 Å². The Balaban J connectivity index is 2.85. The van der Waals surface area contributed by atoms with Crippen molar-refractivity contribution in [3.05, 3.63) is 18.2 Å². The van der Waals surface area contributed by atoms with Crippen LogP contribution in [0.4, 0.5) is 0 Å². The van der Waals surface area contributed by atoms with Gasteiger partial charge in [-0.3, -0.25) is 4.79 Å². The van der Waals surface area contributed by atoms with Crippen molar-refractivity contribution in [2.24, 2.45) is 5.73 Å². The Labute approximate surface area is 101 Å². The second-order valence-corrected chi connectivity index (χ2v) is 4.35. The molecule has 6 nitrogen and oxygen atoms in total. The predicted octanol–water partition coefficient (Wildman–Crippen LogP) is -0.0392. The highest BCUT2D eigenvalue weighted by atomic mass is 16.3. The standard InChI is InChI=1S/C11H20N4O2/c1-7(2)14-11(17)8(3)15-6-13-4-10(15)9(12)5-16/h4,6-9,16H,5,12H2,1-3H3,(H,14,17). The number of hydrogen-bond donors (Lipinski definition) is 3. The summed E-state index contributed by atoms with van der Waals surface area (Å²) in [6.45, 7) is 5.40. The molecule has 1 rings (SSSR count). The summed E-state index contributed by atoms with van der Waals surface area (Å²) >= 11 is 0. The van der Waals surface area contributed by atoms with E-state index in [0.29, 0.717) is 5.69 Å². The lowest BCUT2D eigenvalue weighted by Crippen LogP contribution is -2.36. The molecule has 0 aromatic carbocycles. The molecule has 0 aliphatic heterocycles. The molecule has 0 spiro atoms. The van der Waals surface area contributed by atoms with Crippen LogP contribution in [0.25, 0.3) is 0 Å². The lowest BCUT2D eigenvalue weighted by molar-refractivity contribution is -0.124. The zero-order chi connectivity index (χ0) is 13.0. The van der Waals surface area contributed by atoms with Crippen molar-refractivity contribution < 1.29 is 9.90 Å². The maximum Gasteiger partial charge on any atom is 0.243 e. The number of amides is 1. The molecule has 0 saturated heterocycles. The molecule has 0 saturated carbocycles. The van der Waals surface area contributed by atoms with Gasteiger partial charge < -0.3 is 20.7 Å². The first-order chi connectivity index (χ1) is 7.97. The Morgan fingerprint density at radius 1 is 1.59 bits per heavy atom. The van der Waals surface area contributed by atoms with Crippen LogP contribution in [0.1, 0.15) is 38.5 Å². The molecule has 1 heterocycles. The van der Waals surface area contributed by atoms with Crippen molar-refractivity contribution >= 4 is 5.91 Å². The fraction of sp³-hybridized carbons (Fsp3) is 0.636. The molecule has 0 fully saturated rings. The first-order valence-electron chi connectivity index (χ1n) is 5.66. The Hall–Kier alpha value is -1.40. The Morgan fingerprint density at radius 3 is 2.76 bits per heavy atom. The smallest absolute Gasteiger partial charge is 0.243 e. The van der Waals surface area contributed by atoms with Crippen LogP contribution in [0.15, 0.2) is 12.5 Å². The van der Waals surface area contributed by atoms with Crippen LogP contribution in [0.2, 0.25) is 0 Å². The maximum absolute atomic E-state index is 11.9. The minimum absolute atomic E-state index is 0.0865. The van der Waals surface area contributed by atoms with E-state index in [1.54, 1.807) is 24.0 Å². The van der Waals surface area contributed by atoms with E-state index in [4.69, 9.17) is 10.8 Å². The Morgan fingerprint density at radius 2 is 2.24 bits per heavy atom. The van der Waals surface area contributed by atoms with Gasteiger partial charge in [-0.2, -0.15) is 0 Å². The van der Waals surface area contributed by atoms with Gasteiger partial charge in [0.1, 0.15) is 6.04 Å². The van der Waals surface area contributed by atoms with E-state index in [2.05, 4.69) is 10.3 Å². The molecule has 6 heteroatoms. The van der Waals surface area contributed by atoms with Crippen molar-refractivity contribution in [3.8, 4) is 0 Å². The van der Waals surface area contributed by atoms with Gasteiger partial charge in [0.15, 0.2) is 0 Å². The van der Waals surface area contributed by atoms with E-state index < -0.39 is 12.1 Å². The molecule has 17 heavy (non-hydrogen) atoms. The van der Waals surface area contributed by atoms with Crippen LogP contribution in [0.5, 0.6) is 0 Å². The molecule has 1 aromatic rings. The van der Waals surface area contributed by atoms with Crippen molar-refractivity contribution in [1.29, 1.82) is 0 Å². The third-order valence-corrected chi connectivity index (χ3v) is 2.50. The van der Waals surface area contributed by atoms with Gasteiger partial charge in [-0.15, -0.1) is 0 Å². The number of imidazole rings is 1. The zero-order valence-electron chi connectivity index (χ0n) is 10.4. The lowest BCUT2D eigenvalue weighted by atomic mass is 10.2. The summed E-state index contributed by atoms with van der Waals surface area (Å²) in [7, 11) is 0. The number of carbonyl (C=O) groups is 1. The number of nitrogens with one attached hydrogen (secondary N) is 1. The second kappa shape index (κ2) is 5.79. The van der Waals surface area contributed by atoms with Gasteiger partial charge in [0.2, 0.25) is 5.91 Å². The van der Waals surface area contributed by atoms with E-state index >= 15 is 0 Å². The first kappa shape index (κ1) is 13.7. The summed E-state index contributed by atoms with van der Waals surface area (Å²) in [5.74, 6) is -0.0932. The van der Waals surface area contributed by atoms with Gasteiger partial charge in [0.25, 0.3) is 0 Å². The molecule has 4 N–H and O–H groups in total. The molecule has 2 unspecified atom stereocenters. The van der Waals surface area contributed by atoms with Gasteiger partial charge >= 0.3 is 0 Å². The van der Waals surface area contributed by atoms with Gasteiger partial charge in [-0.25, -0.2) is 4.98 Å². The largest absolute Gasteiger partial charge is 0.394 e. The number of rotatable bonds is 5. The molecule has 0 radical (unpaired) electrons. The normalized spacial score (nSPS) is 14.7. The van der Waals surface area contributed by atoms with E-state index in [-0.39, 0.29) is 18.6 Å². The van der Waals surface area contributed by atoms with Gasteiger partial charge in [-0.05, 0) is 20.8 Å². The van der Waals surface area contributed by atoms with E-state index in [1.165, 1.54) is 0 Å². The zero-order valence-corrected chi connectivity index (χ0v) is 10.4. The number of aliphatic hydroxyl groups excluding tert-OH is 1. The predicted molar refractivity (Wildman–Crippen MR) is 64.2 cm³/mol. The highest BCUT2D eigenvalue weighted by molar-refractivity contribution is 5.80. The Kier molecular flexibility index (Phi) is 4.65. The second-order valence-electron chi connectivity index (χ2n) is 4.35. The molecule has 0 aliphatic carbocycles. The molecular weight excluding hydrogens is 220 g/mol. The quantitative estimate of drug-likeness (QED) is 0.673. The van der Waals surface area contributed by atoms with E-state index in [9.17, 15) is 4.79 Å².